The Kier molecular flexibility index (Phi) is 5.69. The van der Waals surface area contributed by atoms with Gasteiger partial charge in [0.1, 0.15) is 0 Å². The van der Waals surface area contributed by atoms with E-state index in [4.69, 9.17) is 0 Å². The van der Waals surface area contributed by atoms with E-state index in [1.807, 2.05) is 11.8 Å². The fourth-order valence-electron chi connectivity index (χ4n) is 1.94. The molecule has 2 rings (SSSR count). The Morgan fingerprint density at radius 2 is 1.00 bits per heavy atom. The first-order valence-corrected chi connectivity index (χ1v) is 16.5. The zero-order valence-electron chi connectivity index (χ0n) is 11.9. The molecule has 0 radical (unpaired) electrons. The van der Waals surface area contributed by atoms with Gasteiger partial charge in [0.15, 0.2) is 0 Å². The minimum atomic E-state index is -0.825. The Morgan fingerprint density at radius 3 is 1.37 bits per heavy atom. The van der Waals surface area contributed by atoms with Crippen molar-refractivity contribution < 1.29 is 0 Å². The van der Waals surface area contributed by atoms with E-state index in [2.05, 4.69) is 71.4 Å². The second kappa shape index (κ2) is 7.07. The van der Waals surface area contributed by atoms with Crippen LogP contribution in [0.15, 0.2) is 58.3 Å². The van der Waals surface area contributed by atoms with Gasteiger partial charge in [0.2, 0.25) is 0 Å². The van der Waals surface area contributed by atoms with Gasteiger partial charge in [0.05, 0.1) is 0 Å². The van der Waals surface area contributed by atoms with Gasteiger partial charge in [-0.1, -0.05) is 0 Å². The molecule has 0 fully saturated rings. The average molecular weight is 394 g/mol. The van der Waals surface area contributed by atoms with E-state index in [1.165, 1.54) is 9.79 Å². The van der Waals surface area contributed by atoms with Crippen LogP contribution in [0.4, 0.5) is 0 Å². The van der Waals surface area contributed by atoms with Crippen molar-refractivity contribution in [3.63, 3.8) is 0 Å². The van der Waals surface area contributed by atoms with E-state index in [0.29, 0.717) is 0 Å². The molecule has 2 aromatic rings. The summed E-state index contributed by atoms with van der Waals surface area (Å²) in [6.07, 6.45) is 0. The van der Waals surface area contributed by atoms with Crippen LogP contribution in [-0.2, 0) is 0 Å². The molecular formula is C16H20As2S. The van der Waals surface area contributed by atoms with Gasteiger partial charge in [0, 0.05) is 0 Å². The normalized spacial score (nSPS) is 11.3. The fourth-order valence-corrected chi connectivity index (χ4v) is 9.07. The molecule has 2 aromatic carbocycles. The summed E-state index contributed by atoms with van der Waals surface area (Å²) in [7, 11) is 0. The number of hydrogen-bond donors (Lipinski definition) is 0. The van der Waals surface area contributed by atoms with Crippen LogP contribution in [0.3, 0.4) is 0 Å². The third kappa shape index (κ3) is 3.94. The minimum absolute atomic E-state index is 0.825. The summed E-state index contributed by atoms with van der Waals surface area (Å²) < 4.78 is 3.20. The van der Waals surface area contributed by atoms with E-state index in [9.17, 15) is 0 Å². The van der Waals surface area contributed by atoms with Crippen LogP contribution >= 0.6 is 11.8 Å². The molecule has 0 aromatic heterocycles. The van der Waals surface area contributed by atoms with Crippen molar-refractivity contribution in [3.8, 4) is 0 Å². The monoisotopic (exact) mass is 394 g/mol. The van der Waals surface area contributed by atoms with Gasteiger partial charge >= 0.3 is 131 Å². The Hall–Kier alpha value is -0.0931. The van der Waals surface area contributed by atoms with Crippen LogP contribution in [0.25, 0.3) is 0 Å². The van der Waals surface area contributed by atoms with E-state index < -0.39 is 29.3 Å². The Labute approximate surface area is 130 Å². The molecule has 0 aliphatic rings. The van der Waals surface area contributed by atoms with Gasteiger partial charge in [-0.25, -0.2) is 0 Å². The fraction of sp³-hybridized carbons (Fsp3) is 0.250. The van der Waals surface area contributed by atoms with Crippen molar-refractivity contribution in [1.82, 2.24) is 0 Å². The number of rotatable bonds is 4. The number of hydrogen-bond acceptors (Lipinski definition) is 1. The Morgan fingerprint density at radius 1 is 0.632 bits per heavy atom. The summed E-state index contributed by atoms with van der Waals surface area (Å²) >= 11 is 0.320. The van der Waals surface area contributed by atoms with E-state index >= 15 is 0 Å². The molecule has 19 heavy (non-hydrogen) atoms. The number of benzene rings is 2. The summed E-state index contributed by atoms with van der Waals surface area (Å²) in [5, 5.41) is 0. The molecule has 0 aliphatic heterocycles. The van der Waals surface area contributed by atoms with Crippen LogP contribution in [0.2, 0.25) is 22.8 Å². The van der Waals surface area contributed by atoms with E-state index in [1.54, 1.807) is 8.70 Å². The first-order chi connectivity index (χ1) is 9.09. The third-order valence-corrected chi connectivity index (χ3v) is 10.4. The second-order valence-corrected chi connectivity index (χ2v) is 15.4. The van der Waals surface area contributed by atoms with Crippen LogP contribution < -0.4 is 8.70 Å². The zero-order chi connectivity index (χ0) is 13.8. The average Bonchev–Trinajstić information content (AvgIpc) is 2.39. The molecule has 0 bridgehead atoms. The molecule has 0 heterocycles. The summed E-state index contributed by atoms with van der Waals surface area (Å²) in [5.41, 5.74) is 9.65. The van der Waals surface area contributed by atoms with Crippen molar-refractivity contribution in [1.29, 1.82) is 0 Å². The van der Waals surface area contributed by atoms with Crippen LogP contribution in [-0.4, -0.2) is 29.3 Å². The molecule has 100 valence electrons. The molecule has 3 heteroatoms. The van der Waals surface area contributed by atoms with Crippen molar-refractivity contribution in [2.24, 2.45) is 0 Å². The molecule has 0 amide bonds. The van der Waals surface area contributed by atoms with Crippen LogP contribution in [0.1, 0.15) is 0 Å². The van der Waals surface area contributed by atoms with Gasteiger partial charge in [-0.15, -0.1) is 0 Å². The maximum absolute atomic E-state index is 2.41. The standard InChI is InChI=1S/C16H20As2S/c1-17(2)13-9-5-7-11-15(13)19-16-12-8-6-10-14(16)18(3)4/h5-12H,1-4H3. The van der Waals surface area contributed by atoms with Gasteiger partial charge in [-0.05, 0) is 0 Å². The van der Waals surface area contributed by atoms with Gasteiger partial charge in [-0.2, -0.15) is 0 Å². The van der Waals surface area contributed by atoms with Gasteiger partial charge in [0.25, 0.3) is 0 Å². The summed E-state index contributed by atoms with van der Waals surface area (Å²) in [5.74, 6) is 0. The Bertz CT molecular complexity index is 500. The van der Waals surface area contributed by atoms with Crippen molar-refractivity contribution in [2.45, 2.75) is 32.6 Å². The quantitative estimate of drug-likeness (QED) is 0.712. The Balaban J connectivity index is 2.37. The topological polar surface area (TPSA) is 0 Å². The molecule has 0 N–H and O–H groups in total. The predicted octanol–water partition coefficient (Wildman–Crippen LogP) is 3.76. The summed E-state index contributed by atoms with van der Waals surface area (Å²) in [6, 6.07) is 17.9. The SMILES string of the molecule is C[As](C)c1ccccc1Sc1ccccc1[As](C)C. The summed E-state index contributed by atoms with van der Waals surface area (Å²) in [6.45, 7) is 0. The maximum atomic E-state index is 2.41. The van der Waals surface area contributed by atoms with Crippen molar-refractivity contribution in [3.05, 3.63) is 48.5 Å². The first kappa shape index (κ1) is 15.3. The molecule has 0 atom stereocenters. The zero-order valence-corrected chi connectivity index (χ0v) is 16.5. The second-order valence-electron chi connectivity index (χ2n) is 4.83. The molecule has 0 spiro atoms. The van der Waals surface area contributed by atoms with Gasteiger partial charge in [-0.3, -0.25) is 0 Å². The summed E-state index contributed by atoms with van der Waals surface area (Å²) in [4.78, 5) is 2.94. The van der Waals surface area contributed by atoms with E-state index in [-0.39, 0.29) is 0 Å². The molecule has 0 aliphatic carbocycles. The predicted molar refractivity (Wildman–Crippen MR) is 91.2 cm³/mol. The molecule has 0 unspecified atom stereocenters. The van der Waals surface area contributed by atoms with Gasteiger partial charge < -0.3 is 0 Å². The first-order valence-electron chi connectivity index (χ1n) is 6.30. The van der Waals surface area contributed by atoms with E-state index in [0.717, 1.165) is 0 Å². The third-order valence-electron chi connectivity index (χ3n) is 2.91. The molecule has 0 nitrogen and oxygen atoms in total. The molecule has 0 saturated heterocycles. The molecule has 0 saturated carbocycles. The van der Waals surface area contributed by atoms with Crippen LogP contribution in [0.5, 0.6) is 0 Å². The molecular weight excluding hydrogens is 374 g/mol. The van der Waals surface area contributed by atoms with Crippen molar-refractivity contribution in [2.75, 3.05) is 0 Å². The van der Waals surface area contributed by atoms with Crippen molar-refractivity contribution >= 4 is 49.8 Å². The van der Waals surface area contributed by atoms with Crippen LogP contribution in [0, 0.1) is 0 Å².